The maximum absolute atomic E-state index is 6.14. The molecule has 1 aromatic rings. The van der Waals surface area contributed by atoms with E-state index in [-0.39, 0.29) is 0 Å². The molecule has 0 fully saturated rings. The Kier molecular flexibility index (Phi) is 1.94. The van der Waals surface area contributed by atoms with Crippen molar-refractivity contribution in [2.75, 3.05) is 0 Å². The van der Waals surface area contributed by atoms with Gasteiger partial charge in [-0.3, -0.25) is 9.98 Å². The molecule has 0 saturated heterocycles. The van der Waals surface area contributed by atoms with Crippen molar-refractivity contribution in [3.63, 3.8) is 0 Å². The van der Waals surface area contributed by atoms with Crippen LogP contribution in [0.25, 0.3) is 0 Å². The summed E-state index contributed by atoms with van der Waals surface area (Å²) < 4.78 is 0. The summed E-state index contributed by atoms with van der Waals surface area (Å²) in [6.07, 6.45) is 7.88. The van der Waals surface area contributed by atoms with Crippen LogP contribution in [0.1, 0.15) is 12.1 Å². The minimum absolute atomic E-state index is 0.469. The van der Waals surface area contributed by atoms with Gasteiger partial charge in [-0.1, -0.05) is 6.07 Å². The number of aromatic nitrogens is 1. The van der Waals surface area contributed by atoms with Crippen molar-refractivity contribution < 1.29 is 0 Å². The van der Waals surface area contributed by atoms with Gasteiger partial charge in [0.25, 0.3) is 0 Å². The SMILES string of the molecule is N[C@@]1(c2ccccn2)C=CN=CC1. The molecule has 2 rings (SSSR count). The highest BCUT2D eigenvalue weighted by Gasteiger charge is 2.25. The predicted molar refractivity (Wildman–Crippen MR) is 52.4 cm³/mol. The molecule has 13 heavy (non-hydrogen) atoms. The van der Waals surface area contributed by atoms with E-state index in [0.717, 1.165) is 5.69 Å². The Bertz CT molecular complexity index is 342. The molecular weight excluding hydrogens is 162 g/mol. The van der Waals surface area contributed by atoms with Crippen molar-refractivity contribution in [1.82, 2.24) is 4.98 Å². The smallest absolute Gasteiger partial charge is 0.0836 e. The van der Waals surface area contributed by atoms with E-state index in [1.54, 1.807) is 12.4 Å². The van der Waals surface area contributed by atoms with Gasteiger partial charge in [0.2, 0.25) is 0 Å². The van der Waals surface area contributed by atoms with Gasteiger partial charge in [0.15, 0.2) is 0 Å². The molecule has 2 N–H and O–H groups in total. The zero-order chi connectivity index (χ0) is 9.15. The van der Waals surface area contributed by atoms with E-state index in [0.29, 0.717) is 6.42 Å². The molecule has 2 heterocycles. The van der Waals surface area contributed by atoms with Crippen molar-refractivity contribution in [2.45, 2.75) is 12.0 Å². The molecule has 3 nitrogen and oxygen atoms in total. The molecule has 0 unspecified atom stereocenters. The van der Waals surface area contributed by atoms with Crippen LogP contribution in [0.15, 0.2) is 41.7 Å². The lowest BCUT2D eigenvalue weighted by Gasteiger charge is -2.24. The van der Waals surface area contributed by atoms with E-state index >= 15 is 0 Å². The Morgan fingerprint density at radius 1 is 1.38 bits per heavy atom. The molecular formula is C10H11N3. The summed E-state index contributed by atoms with van der Waals surface area (Å²) in [4.78, 5) is 8.22. The number of hydrogen-bond donors (Lipinski definition) is 1. The lowest BCUT2D eigenvalue weighted by molar-refractivity contribution is 0.565. The van der Waals surface area contributed by atoms with Gasteiger partial charge >= 0.3 is 0 Å². The van der Waals surface area contributed by atoms with Crippen LogP contribution >= 0.6 is 0 Å². The molecule has 3 heteroatoms. The third-order valence-electron chi connectivity index (χ3n) is 2.13. The van der Waals surface area contributed by atoms with Crippen LogP contribution in [0.3, 0.4) is 0 Å². The second-order valence-corrected chi connectivity index (χ2v) is 3.11. The Morgan fingerprint density at radius 2 is 2.31 bits per heavy atom. The zero-order valence-corrected chi connectivity index (χ0v) is 7.22. The summed E-state index contributed by atoms with van der Waals surface area (Å²) in [6, 6.07) is 5.76. The maximum Gasteiger partial charge on any atom is 0.0836 e. The van der Waals surface area contributed by atoms with E-state index in [4.69, 9.17) is 5.73 Å². The maximum atomic E-state index is 6.14. The van der Waals surface area contributed by atoms with E-state index in [9.17, 15) is 0 Å². The molecule has 1 aliphatic rings. The third-order valence-corrected chi connectivity index (χ3v) is 2.13. The highest BCUT2D eigenvalue weighted by molar-refractivity contribution is 5.63. The highest BCUT2D eigenvalue weighted by Crippen LogP contribution is 2.22. The first-order valence-electron chi connectivity index (χ1n) is 4.21. The standard InChI is InChI=1S/C10H11N3/c11-10(4-7-12-8-5-10)9-3-1-2-6-13-9/h1-4,6-8H,5,11H2/t10-/m0/s1. The first kappa shape index (κ1) is 8.13. The topological polar surface area (TPSA) is 51.3 Å². The van der Waals surface area contributed by atoms with E-state index < -0.39 is 5.54 Å². The molecule has 1 aromatic heterocycles. The normalized spacial score (nSPS) is 26.2. The first-order chi connectivity index (χ1) is 6.31. The molecule has 1 aliphatic heterocycles. The van der Waals surface area contributed by atoms with Gasteiger partial charge < -0.3 is 5.73 Å². The van der Waals surface area contributed by atoms with Crippen LogP contribution in [-0.2, 0) is 5.54 Å². The van der Waals surface area contributed by atoms with Gasteiger partial charge in [-0.25, -0.2) is 0 Å². The fourth-order valence-electron chi connectivity index (χ4n) is 1.34. The number of hydrogen-bond acceptors (Lipinski definition) is 3. The Hall–Kier alpha value is -1.48. The third kappa shape index (κ3) is 1.51. The lowest BCUT2D eigenvalue weighted by atomic mass is 9.91. The fourth-order valence-corrected chi connectivity index (χ4v) is 1.34. The predicted octanol–water partition coefficient (Wildman–Crippen LogP) is 1.22. The number of pyridine rings is 1. The molecule has 0 saturated carbocycles. The van der Waals surface area contributed by atoms with E-state index in [1.165, 1.54) is 0 Å². The van der Waals surface area contributed by atoms with Crippen molar-refractivity contribution >= 4 is 6.21 Å². The highest BCUT2D eigenvalue weighted by atomic mass is 14.9. The second-order valence-electron chi connectivity index (χ2n) is 3.11. The summed E-state index contributed by atoms with van der Waals surface area (Å²) in [6.45, 7) is 0. The van der Waals surface area contributed by atoms with Crippen molar-refractivity contribution in [3.05, 3.63) is 42.4 Å². The van der Waals surface area contributed by atoms with Crippen molar-refractivity contribution in [1.29, 1.82) is 0 Å². The molecule has 0 aliphatic carbocycles. The summed E-state index contributed by atoms with van der Waals surface area (Å²) in [5, 5.41) is 0. The van der Waals surface area contributed by atoms with Gasteiger partial charge in [0.05, 0.1) is 11.2 Å². The summed E-state index contributed by atoms with van der Waals surface area (Å²) in [5.41, 5.74) is 6.56. The molecule has 0 amide bonds. The summed E-state index contributed by atoms with van der Waals surface area (Å²) in [5.74, 6) is 0. The van der Waals surface area contributed by atoms with Crippen molar-refractivity contribution in [2.24, 2.45) is 10.7 Å². The van der Waals surface area contributed by atoms with Gasteiger partial charge in [-0.15, -0.1) is 0 Å². The molecule has 0 radical (unpaired) electrons. The van der Waals surface area contributed by atoms with Crippen LogP contribution in [0, 0.1) is 0 Å². The summed E-state index contributed by atoms with van der Waals surface area (Å²) >= 11 is 0. The lowest BCUT2D eigenvalue weighted by Crippen LogP contribution is -2.36. The summed E-state index contributed by atoms with van der Waals surface area (Å²) in [7, 11) is 0. The molecule has 0 spiro atoms. The average molecular weight is 173 g/mol. The minimum Gasteiger partial charge on any atom is -0.317 e. The van der Waals surface area contributed by atoms with Crippen LogP contribution in [0.5, 0.6) is 0 Å². The molecule has 0 bridgehead atoms. The van der Waals surface area contributed by atoms with Gasteiger partial charge in [-0.05, 0) is 18.2 Å². The molecule has 66 valence electrons. The monoisotopic (exact) mass is 173 g/mol. The molecule has 0 aromatic carbocycles. The quantitative estimate of drug-likeness (QED) is 0.694. The Labute approximate surface area is 77.0 Å². The van der Waals surface area contributed by atoms with E-state index in [2.05, 4.69) is 9.98 Å². The van der Waals surface area contributed by atoms with Gasteiger partial charge in [-0.2, -0.15) is 0 Å². The zero-order valence-electron chi connectivity index (χ0n) is 7.22. The van der Waals surface area contributed by atoms with Crippen molar-refractivity contribution in [3.8, 4) is 0 Å². The molecule has 1 atom stereocenters. The fraction of sp³-hybridized carbons (Fsp3) is 0.200. The number of nitrogens with two attached hydrogens (primary N) is 1. The number of nitrogens with zero attached hydrogens (tertiary/aromatic N) is 2. The largest absolute Gasteiger partial charge is 0.317 e. The first-order valence-corrected chi connectivity index (χ1v) is 4.21. The number of aliphatic imine (C=N–C) groups is 1. The van der Waals surface area contributed by atoms with Crippen LogP contribution in [-0.4, -0.2) is 11.2 Å². The average Bonchev–Trinajstić information content (AvgIpc) is 2.20. The number of rotatable bonds is 1. The van der Waals surface area contributed by atoms with Gasteiger partial charge in [0.1, 0.15) is 0 Å². The van der Waals surface area contributed by atoms with Gasteiger partial charge in [0, 0.05) is 25.0 Å². The Balaban J connectivity index is 2.35. The van der Waals surface area contributed by atoms with Crippen LogP contribution in [0.4, 0.5) is 0 Å². The minimum atomic E-state index is -0.469. The Morgan fingerprint density at radius 3 is 2.92 bits per heavy atom. The second kappa shape index (κ2) is 3.11. The van der Waals surface area contributed by atoms with Crippen LogP contribution < -0.4 is 5.73 Å². The van der Waals surface area contributed by atoms with Crippen LogP contribution in [0.2, 0.25) is 0 Å². The van der Waals surface area contributed by atoms with E-state index in [1.807, 2.05) is 30.5 Å².